The summed E-state index contributed by atoms with van der Waals surface area (Å²) >= 11 is 0. The Labute approximate surface area is 172 Å². The summed E-state index contributed by atoms with van der Waals surface area (Å²) < 4.78 is 16.3. The van der Waals surface area contributed by atoms with Gasteiger partial charge in [-0.2, -0.15) is 0 Å². The van der Waals surface area contributed by atoms with Gasteiger partial charge in [-0.15, -0.1) is 0 Å². The molecule has 29 heavy (non-hydrogen) atoms. The molecule has 0 spiro atoms. The largest absolute Gasteiger partial charge is 0.497 e. The van der Waals surface area contributed by atoms with E-state index in [4.69, 9.17) is 14.2 Å². The normalized spacial score (nSPS) is 14.4. The molecule has 1 atom stereocenters. The fourth-order valence-electron chi connectivity index (χ4n) is 3.21. The van der Waals surface area contributed by atoms with Gasteiger partial charge in [0.15, 0.2) is 11.5 Å². The first-order valence-corrected chi connectivity index (χ1v) is 10.1. The first-order valence-electron chi connectivity index (χ1n) is 10.1. The van der Waals surface area contributed by atoms with E-state index in [1.54, 1.807) is 26.4 Å². The van der Waals surface area contributed by atoms with Gasteiger partial charge in [0.25, 0.3) is 0 Å². The number of hydrogen-bond acceptors (Lipinski definition) is 4. The highest BCUT2D eigenvalue weighted by Crippen LogP contribution is 2.41. The number of ether oxygens (including phenoxy) is 3. The average molecular weight is 395 g/mol. The van der Waals surface area contributed by atoms with Crippen LogP contribution in [-0.2, 0) is 4.79 Å². The van der Waals surface area contributed by atoms with E-state index in [0.717, 1.165) is 36.1 Å². The van der Waals surface area contributed by atoms with Crippen molar-refractivity contribution >= 4 is 12.0 Å². The second-order valence-corrected chi connectivity index (χ2v) is 7.19. The number of carbonyl (C=O) groups is 1. The molecule has 1 saturated carbocycles. The summed E-state index contributed by atoms with van der Waals surface area (Å²) in [6, 6.07) is 13.6. The molecular formula is C24H29NO4. The number of amides is 1. The zero-order valence-corrected chi connectivity index (χ0v) is 17.3. The molecule has 0 radical (unpaired) electrons. The van der Waals surface area contributed by atoms with Crippen LogP contribution in [0.5, 0.6) is 17.2 Å². The Hall–Kier alpha value is -2.95. The van der Waals surface area contributed by atoms with Crippen molar-refractivity contribution in [3.63, 3.8) is 0 Å². The zero-order valence-electron chi connectivity index (χ0n) is 17.3. The van der Waals surface area contributed by atoms with Gasteiger partial charge < -0.3 is 19.5 Å². The molecule has 0 heterocycles. The molecule has 1 amide bonds. The third-order valence-electron chi connectivity index (χ3n) is 4.94. The molecule has 1 fully saturated rings. The zero-order chi connectivity index (χ0) is 20.6. The molecule has 1 unspecified atom stereocenters. The van der Waals surface area contributed by atoms with Crippen LogP contribution in [0, 0.1) is 5.92 Å². The molecule has 1 aliphatic carbocycles. The molecule has 0 aromatic heterocycles. The smallest absolute Gasteiger partial charge is 0.244 e. The van der Waals surface area contributed by atoms with Gasteiger partial charge in [0, 0.05) is 6.08 Å². The van der Waals surface area contributed by atoms with Crippen molar-refractivity contribution < 1.29 is 19.0 Å². The van der Waals surface area contributed by atoms with Gasteiger partial charge >= 0.3 is 0 Å². The van der Waals surface area contributed by atoms with Crippen LogP contribution in [0.15, 0.2) is 48.5 Å². The predicted octanol–water partition coefficient (Wildman–Crippen LogP) is 4.77. The van der Waals surface area contributed by atoms with E-state index >= 15 is 0 Å². The summed E-state index contributed by atoms with van der Waals surface area (Å²) in [6.45, 7) is 2.70. The minimum atomic E-state index is -0.108. The maximum absolute atomic E-state index is 12.5. The van der Waals surface area contributed by atoms with Gasteiger partial charge in [-0.05, 0) is 66.6 Å². The number of carbonyl (C=O) groups excluding carboxylic acids is 1. The topological polar surface area (TPSA) is 56.8 Å². The Morgan fingerprint density at radius 3 is 2.48 bits per heavy atom. The number of nitrogens with one attached hydrogen (secondary N) is 1. The van der Waals surface area contributed by atoms with Crippen molar-refractivity contribution in [2.45, 2.75) is 32.2 Å². The van der Waals surface area contributed by atoms with Crippen molar-refractivity contribution in [3.05, 3.63) is 59.7 Å². The van der Waals surface area contributed by atoms with Crippen molar-refractivity contribution in [2.75, 3.05) is 20.8 Å². The highest BCUT2D eigenvalue weighted by Gasteiger charge is 2.33. The van der Waals surface area contributed by atoms with Crippen LogP contribution in [0.4, 0.5) is 0 Å². The highest BCUT2D eigenvalue weighted by atomic mass is 16.5. The van der Waals surface area contributed by atoms with E-state index in [2.05, 4.69) is 12.2 Å². The number of benzene rings is 2. The van der Waals surface area contributed by atoms with Gasteiger partial charge in [-0.3, -0.25) is 4.79 Å². The van der Waals surface area contributed by atoms with Crippen molar-refractivity contribution in [1.29, 1.82) is 0 Å². The van der Waals surface area contributed by atoms with Crippen LogP contribution < -0.4 is 19.5 Å². The molecule has 0 aliphatic heterocycles. The van der Waals surface area contributed by atoms with Crippen LogP contribution in [0.25, 0.3) is 6.08 Å². The molecule has 0 saturated heterocycles. The fraction of sp³-hybridized carbons (Fsp3) is 0.375. The van der Waals surface area contributed by atoms with Crippen molar-refractivity contribution in [2.24, 2.45) is 5.92 Å². The minimum Gasteiger partial charge on any atom is -0.497 e. The summed E-state index contributed by atoms with van der Waals surface area (Å²) in [6.07, 6.45) is 6.56. The average Bonchev–Trinajstić information content (AvgIpc) is 3.60. The molecular weight excluding hydrogens is 366 g/mol. The third kappa shape index (κ3) is 5.76. The first kappa shape index (κ1) is 20.8. The van der Waals surface area contributed by atoms with Crippen LogP contribution in [0.1, 0.15) is 43.4 Å². The van der Waals surface area contributed by atoms with Gasteiger partial charge in [0.1, 0.15) is 5.75 Å². The third-order valence-corrected chi connectivity index (χ3v) is 4.94. The highest BCUT2D eigenvalue weighted by molar-refractivity contribution is 5.92. The molecule has 154 valence electrons. The van der Waals surface area contributed by atoms with Gasteiger partial charge in [-0.25, -0.2) is 0 Å². The molecule has 3 rings (SSSR count). The van der Waals surface area contributed by atoms with E-state index in [1.807, 2.05) is 42.5 Å². The molecule has 5 nitrogen and oxygen atoms in total. The monoisotopic (exact) mass is 395 g/mol. The summed E-state index contributed by atoms with van der Waals surface area (Å²) in [4.78, 5) is 12.5. The van der Waals surface area contributed by atoms with E-state index in [9.17, 15) is 4.79 Å². The second kappa shape index (κ2) is 10.0. The molecule has 1 aliphatic rings. The van der Waals surface area contributed by atoms with E-state index in [-0.39, 0.29) is 11.9 Å². The molecule has 0 bridgehead atoms. The Bertz CT molecular complexity index is 840. The SMILES string of the molecule is CCCOc1ccc(/C=C/C(=O)NC(c2ccc(OC)cc2)C2CC2)cc1OC. The molecule has 5 heteroatoms. The van der Waals surface area contributed by atoms with Gasteiger partial charge in [-0.1, -0.05) is 25.1 Å². The number of rotatable bonds is 10. The summed E-state index contributed by atoms with van der Waals surface area (Å²) in [5.74, 6) is 2.58. The Balaban J connectivity index is 1.66. The van der Waals surface area contributed by atoms with E-state index in [0.29, 0.717) is 24.0 Å². The second-order valence-electron chi connectivity index (χ2n) is 7.19. The Morgan fingerprint density at radius 1 is 1.10 bits per heavy atom. The lowest BCUT2D eigenvalue weighted by Crippen LogP contribution is -2.28. The Morgan fingerprint density at radius 2 is 1.86 bits per heavy atom. The summed E-state index contributed by atoms with van der Waals surface area (Å²) in [7, 11) is 3.26. The van der Waals surface area contributed by atoms with E-state index in [1.165, 1.54) is 0 Å². The van der Waals surface area contributed by atoms with Crippen LogP contribution in [-0.4, -0.2) is 26.7 Å². The molecule has 2 aromatic carbocycles. The maximum atomic E-state index is 12.5. The standard InChI is InChI=1S/C24H29NO4/c1-4-15-29-21-13-5-17(16-22(21)28-3)6-14-23(26)25-24(18-7-8-18)19-9-11-20(27-2)12-10-19/h5-6,9-14,16,18,24H,4,7-8,15H2,1-3H3,(H,25,26)/b14-6+. The van der Waals surface area contributed by atoms with E-state index < -0.39 is 0 Å². The number of hydrogen-bond donors (Lipinski definition) is 1. The molecule has 2 aromatic rings. The quantitative estimate of drug-likeness (QED) is 0.589. The lowest BCUT2D eigenvalue weighted by Gasteiger charge is -2.18. The summed E-state index contributed by atoms with van der Waals surface area (Å²) in [5.41, 5.74) is 1.99. The van der Waals surface area contributed by atoms with Crippen molar-refractivity contribution in [1.82, 2.24) is 5.32 Å². The summed E-state index contributed by atoms with van der Waals surface area (Å²) in [5, 5.41) is 3.15. The first-order chi connectivity index (χ1) is 14.1. The predicted molar refractivity (Wildman–Crippen MR) is 114 cm³/mol. The lowest BCUT2D eigenvalue weighted by atomic mass is 10.0. The van der Waals surface area contributed by atoms with Gasteiger partial charge in [0.2, 0.25) is 5.91 Å². The number of methoxy groups -OCH3 is 2. The van der Waals surface area contributed by atoms with Crippen molar-refractivity contribution in [3.8, 4) is 17.2 Å². The molecule has 1 N–H and O–H groups in total. The van der Waals surface area contributed by atoms with Crippen LogP contribution in [0.3, 0.4) is 0 Å². The minimum absolute atomic E-state index is 0.0254. The van der Waals surface area contributed by atoms with Crippen LogP contribution >= 0.6 is 0 Å². The van der Waals surface area contributed by atoms with Crippen LogP contribution in [0.2, 0.25) is 0 Å². The fourth-order valence-corrected chi connectivity index (χ4v) is 3.21. The lowest BCUT2D eigenvalue weighted by molar-refractivity contribution is -0.117. The Kier molecular flexibility index (Phi) is 7.17. The maximum Gasteiger partial charge on any atom is 0.244 e. The van der Waals surface area contributed by atoms with Gasteiger partial charge in [0.05, 0.1) is 26.9 Å².